The second kappa shape index (κ2) is 5.32. The first-order valence-electron chi connectivity index (χ1n) is 7.22. The number of anilines is 2. The topological polar surface area (TPSA) is 44.8 Å². The van der Waals surface area contributed by atoms with E-state index in [2.05, 4.69) is 29.3 Å². The molecule has 0 aromatic heterocycles. The number of likely N-dealkylation sites (N-methyl/N-ethyl adjacent to an activating group) is 1. The van der Waals surface area contributed by atoms with Crippen LogP contribution in [0.4, 0.5) is 11.4 Å². The van der Waals surface area contributed by atoms with Gasteiger partial charge < -0.3 is 19.9 Å². The van der Waals surface area contributed by atoms with Gasteiger partial charge >= 0.3 is 0 Å². The van der Waals surface area contributed by atoms with Crippen LogP contribution in [-0.4, -0.2) is 45.7 Å². The minimum atomic E-state index is 0.0111. The van der Waals surface area contributed by atoms with E-state index in [1.54, 1.807) is 4.90 Å². The van der Waals surface area contributed by atoms with Crippen LogP contribution in [-0.2, 0) is 11.2 Å². The molecule has 108 valence electrons. The van der Waals surface area contributed by atoms with Crippen LogP contribution in [0.15, 0.2) is 12.1 Å². The summed E-state index contributed by atoms with van der Waals surface area (Å²) in [5, 5.41) is 3.36. The molecule has 0 spiro atoms. The second-order valence-corrected chi connectivity index (χ2v) is 5.30. The second-order valence-electron chi connectivity index (χ2n) is 5.30. The third-order valence-electron chi connectivity index (χ3n) is 4.05. The van der Waals surface area contributed by atoms with Crippen molar-refractivity contribution >= 4 is 17.3 Å². The highest BCUT2D eigenvalue weighted by Crippen LogP contribution is 2.41. The molecule has 1 fully saturated rings. The number of carbonyl (C=O) groups excluding carboxylic acids is 1. The average molecular weight is 275 g/mol. The van der Waals surface area contributed by atoms with Gasteiger partial charge in [0, 0.05) is 33.2 Å². The molecule has 1 N–H and O–H groups in total. The van der Waals surface area contributed by atoms with E-state index in [-0.39, 0.29) is 12.5 Å². The third-order valence-corrected chi connectivity index (χ3v) is 4.05. The minimum Gasteiger partial charge on any atom is -0.479 e. The molecule has 3 rings (SSSR count). The van der Waals surface area contributed by atoms with Crippen molar-refractivity contribution in [1.29, 1.82) is 0 Å². The SMILES string of the molecule is CCc1cc(N2CCNCC2)c2c(c1)N(C)C(=O)CO2. The van der Waals surface area contributed by atoms with E-state index in [4.69, 9.17) is 4.74 Å². The lowest BCUT2D eigenvalue weighted by atomic mass is 10.1. The van der Waals surface area contributed by atoms with E-state index in [9.17, 15) is 4.79 Å². The van der Waals surface area contributed by atoms with Gasteiger partial charge in [0.25, 0.3) is 5.91 Å². The van der Waals surface area contributed by atoms with E-state index in [1.807, 2.05) is 7.05 Å². The molecule has 20 heavy (non-hydrogen) atoms. The molecular formula is C15H21N3O2. The molecule has 1 aromatic rings. The van der Waals surface area contributed by atoms with Crippen molar-refractivity contribution in [3.05, 3.63) is 17.7 Å². The Morgan fingerprint density at radius 1 is 1.25 bits per heavy atom. The van der Waals surface area contributed by atoms with Crippen LogP contribution < -0.4 is 19.9 Å². The Kier molecular flexibility index (Phi) is 3.53. The van der Waals surface area contributed by atoms with Crippen LogP contribution in [0.3, 0.4) is 0 Å². The Morgan fingerprint density at radius 3 is 2.65 bits per heavy atom. The Morgan fingerprint density at radius 2 is 1.95 bits per heavy atom. The lowest BCUT2D eigenvalue weighted by Crippen LogP contribution is -2.44. The Bertz CT molecular complexity index is 524. The molecule has 1 aromatic carbocycles. The van der Waals surface area contributed by atoms with Crippen molar-refractivity contribution in [2.75, 3.05) is 49.6 Å². The molecule has 0 bridgehead atoms. The van der Waals surface area contributed by atoms with Crippen LogP contribution in [0.2, 0.25) is 0 Å². The fourth-order valence-electron chi connectivity index (χ4n) is 2.76. The van der Waals surface area contributed by atoms with Gasteiger partial charge in [-0.15, -0.1) is 0 Å². The summed E-state index contributed by atoms with van der Waals surface area (Å²) in [6, 6.07) is 4.27. The van der Waals surface area contributed by atoms with Gasteiger partial charge in [0.2, 0.25) is 0 Å². The molecule has 5 heteroatoms. The van der Waals surface area contributed by atoms with Gasteiger partial charge in [0.1, 0.15) is 0 Å². The van der Waals surface area contributed by atoms with Gasteiger partial charge in [0.15, 0.2) is 12.4 Å². The Labute approximate surface area is 119 Å². The fourth-order valence-corrected chi connectivity index (χ4v) is 2.76. The molecular weight excluding hydrogens is 254 g/mol. The summed E-state index contributed by atoms with van der Waals surface area (Å²) >= 11 is 0. The van der Waals surface area contributed by atoms with Gasteiger partial charge in [-0.2, -0.15) is 0 Å². The van der Waals surface area contributed by atoms with Crippen molar-refractivity contribution in [2.45, 2.75) is 13.3 Å². The zero-order valence-corrected chi connectivity index (χ0v) is 12.1. The summed E-state index contributed by atoms with van der Waals surface area (Å²) in [6.07, 6.45) is 0.953. The van der Waals surface area contributed by atoms with Gasteiger partial charge in [-0.05, 0) is 24.1 Å². The number of ether oxygens (including phenoxy) is 1. The highest BCUT2D eigenvalue weighted by atomic mass is 16.5. The predicted molar refractivity (Wildman–Crippen MR) is 79.8 cm³/mol. The van der Waals surface area contributed by atoms with Gasteiger partial charge in [0.05, 0.1) is 11.4 Å². The summed E-state index contributed by atoms with van der Waals surface area (Å²) in [5.41, 5.74) is 3.26. The number of amides is 1. The van der Waals surface area contributed by atoms with E-state index in [0.29, 0.717) is 0 Å². The Balaban J connectivity index is 2.06. The zero-order valence-electron chi connectivity index (χ0n) is 12.1. The van der Waals surface area contributed by atoms with Crippen molar-refractivity contribution in [1.82, 2.24) is 5.32 Å². The number of fused-ring (bicyclic) bond motifs is 1. The molecule has 5 nitrogen and oxygen atoms in total. The van der Waals surface area contributed by atoms with E-state index < -0.39 is 0 Å². The lowest BCUT2D eigenvalue weighted by molar-refractivity contribution is -0.120. The van der Waals surface area contributed by atoms with E-state index in [1.165, 1.54) is 5.56 Å². The number of carbonyl (C=O) groups is 1. The lowest BCUT2D eigenvalue weighted by Gasteiger charge is -2.35. The monoisotopic (exact) mass is 275 g/mol. The summed E-state index contributed by atoms with van der Waals surface area (Å²) in [7, 11) is 1.82. The number of aryl methyl sites for hydroxylation is 1. The number of nitrogens with zero attached hydrogens (tertiary/aromatic N) is 2. The molecule has 0 aliphatic carbocycles. The fraction of sp³-hybridized carbons (Fsp3) is 0.533. The van der Waals surface area contributed by atoms with Crippen LogP contribution >= 0.6 is 0 Å². The maximum Gasteiger partial charge on any atom is 0.264 e. The molecule has 0 saturated carbocycles. The minimum absolute atomic E-state index is 0.0111. The highest BCUT2D eigenvalue weighted by Gasteiger charge is 2.27. The predicted octanol–water partition coefficient (Wildman–Crippen LogP) is 1.01. The van der Waals surface area contributed by atoms with Crippen LogP contribution in [0, 0.1) is 0 Å². The zero-order chi connectivity index (χ0) is 14.1. The van der Waals surface area contributed by atoms with Crippen molar-refractivity contribution in [3.8, 4) is 5.75 Å². The summed E-state index contributed by atoms with van der Waals surface area (Å²) in [6.45, 7) is 6.18. The molecule has 1 amide bonds. The highest BCUT2D eigenvalue weighted by molar-refractivity contribution is 5.99. The summed E-state index contributed by atoms with van der Waals surface area (Å²) < 4.78 is 5.74. The molecule has 0 unspecified atom stereocenters. The summed E-state index contributed by atoms with van der Waals surface area (Å²) in [5.74, 6) is 0.864. The maximum absolute atomic E-state index is 11.8. The van der Waals surface area contributed by atoms with E-state index >= 15 is 0 Å². The normalized spacial score (nSPS) is 18.8. The average Bonchev–Trinajstić information content (AvgIpc) is 2.51. The van der Waals surface area contributed by atoms with Crippen molar-refractivity contribution < 1.29 is 9.53 Å². The van der Waals surface area contributed by atoms with Crippen molar-refractivity contribution in [3.63, 3.8) is 0 Å². The molecule has 2 heterocycles. The third kappa shape index (κ3) is 2.22. The van der Waals surface area contributed by atoms with Gasteiger partial charge in [-0.25, -0.2) is 0 Å². The standard InChI is InChI=1S/C15H21N3O2/c1-3-11-8-12-15(20-10-14(19)17(12)2)13(9-11)18-6-4-16-5-7-18/h8-9,16H,3-7,10H2,1-2H3. The number of benzene rings is 1. The van der Waals surface area contributed by atoms with Crippen LogP contribution in [0.25, 0.3) is 0 Å². The number of hydrogen-bond acceptors (Lipinski definition) is 4. The molecule has 1 saturated heterocycles. The maximum atomic E-state index is 11.8. The number of nitrogens with one attached hydrogen (secondary N) is 1. The largest absolute Gasteiger partial charge is 0.479 e. The molecule has 0 atom stereocenters. The smallest absolute Gasteiger partial charge is 0.264 e. The van der Waals surface area contributed by atoms with Crippen LogP contribution in [0.5, 0.6) is 5.75 Å². The first-order valence-corrected chi connectivity index (χ1v) is 7.22. The van der Waals surface area contributed by atoms with Gasteiger partial charge in [-0.1, -0.05) is 6.92 Å². The van der Waals surface area contributed by atoms with Crippen molar-refractivity contribution in [2.24, 2.45) is 0 Å². The van der Waals surface area contributed by atoms with E-state index in [0.717, 1.165) is 49.7 Å². The Hall–Kier alpha value is -1.75. The molecule has 2 aliphatic rings. The van der Waals surface area contributed by atoms with Gasteiger partial charge in [-0.3, -0.25) is 4.79 Å². The molecule has 0 radical (unpaired) electrons. The summed E-state index contributed by atoms with van der Waals surface area (Å²) in [4.78, 5) is 15.9. The molecule has 2 aliphatic heterocycles. The quantitative estimate of drug-likeness (QED) is 0.875. The number of hydrogen-bond donors (Lipinski definition) is 1. The number of piperazine rings is 1. The first-order chi connectivity index (χ1) is 9.70. The van der Waals surface area contributed by atoms with Crippen LogP contribution in [0.1, 0.15) is 12.5 Å². The first kappa shape index (κ1) is 13.2. The number of rotatable bonds is 2.